The van der Waals surface area contributed by atoms with Gasteiger partial charge in [-0.25, -0.2) is 0 Å². The minimum absolute atomic E-state index is 0.0899. The molecule has 16 heavy (non-hydrogen) atoms. The third kappa shape index (κ3) is 1.26. The molecule has 2 aliphatic heterocycles. The van der Waals surface area contributed by atoms with Gasteiger partial charge in [-0.1, -0.05) is 30.3 Å². The Balaban J connectivity index is 1.55. The van der Waals surface area contributed by atoms with Crippen LogP contribution in [0.15, 0.2) is 30.3 Å². The second kappa shape index (κ2) is 3.08. The van der Waals surface area contributed by atoms with E-state index in [1.807, 2.05) is 0 Å². The van der Waals surface area contributed by atoms with E-state index < -0.39 is 0 Å². The Labute approximate surface area is 96.2 Å². The van der Waals surface area contributed by atoms with E-state index in [0.717, 1.165) is 12.6 Å². The summed E-state index contributed by atoms with van der Waals surface area (Å²) in [5.41, 5.74) is 1.47. The van der Waals surface area contributed by atoms with Crippen LogP contribution in [0.3, 0.4) is 0 Å². The van der Waals surface area contributed by atoms with Crippen LogP contribution < -0.4 is 0 Å². The molecule has 0 bridgehead atoms. The molecule has 0 unspecified atom stereocenters. The van der Waals surface area contributed by atoms with Crippen molar-refractivity contribution in [3.63, 3.8) is 0 Å². The van der Waals surface area contributed by atoms with Crippen LogP contribution in [-0.2, 0) is 10.3 Å². The summed E-state index contributed by atoms with van der Waals surface area (Å²) in [7, 11) is 0. The first kappa shape index (κ1) is 9.20. The maximum atomic E-state index is 6.02. The second-order valence-corrected chi connectivity index (χ2v) is 5.34. The van der Waals surface area contributed by atoms with Crippen molar-refractivity contribution >= 4 is 0 Å². The van der Waals surface area contributed by atoms with Crippen molar-refractivity contribution in [1.82, 2.24) is 4.90 Å². The van der Waals surface area contributed by atoms with Crippen LogP contribution in [0, 0.1) is 0 Å². The summed E-state index contributed by atoms with van der Waals surface area (Å²) in [4.78, 5) is 2.62. The molecule has 1 aliphatic carbocycles. The van der Waals surface area contributed by atoms with E-state index in [-0.39, 0.29) is 5.60 Å². The lowest BCUT2D eigenvalue weighted by Crippen LogP contribution is -2.39. The lowest BCUT2D eigenvalue weighted by atomic mass is 9.89. The molecule has 0 N–H and O–H groups in total. The monoisotopic (exact) mass is 215 g/mol. The van der Waals surface area contributed by atoms with Gasteiger partial charge in [-0.3, -0.25) is 4.90 Å². The van der Waals surface area contributed by atoms with E-state index in [1.54, 1.807) is 0 Å². The molecule has 0 spiro atoms. The molecule has 4 rings (SSSR count). The maximum Gasteiger partial charge on any atom is 0.122 e. The normalized spacial score (nSPS) is 38.1. The molecule has 2 heteroatoms. The number of ether oxygens (including phenoxy) is 1. The number of hydrogen-bond donors (Lipinski definition) is 0. The molecule has 0 aromatic heterocycles. The van der Waals surface area contributed by atoms with Gasteiger partial charge in [0, 0.05) is 19.1 Å². The SMILES string of the molecule is c1ccc([C@@]23CCN(C4CC4)C[C@@H]2O3)cc1. The van der Waals surface area contributed by atoms with Crippen molar-refractivity contribution in [2.75, 3.05) is 13.1 Å². The van der Waals surface area contributed by atoms with Crippen LogP contribution in [0.4, 0.5) is 0 Å². The Morgan fingerprint density at radius 1 is 1.19 bits per heavy atom. The fraction of sp³-hybridized carbons (Fsp3) is 0.571. The van der Waals surface area contributed by atoms with Gasteiger partial charge in [-0.15, -0.1) is 0 Å². The van der Waals surface area contributed by atoms with Gasteiger partial charge in [0.15, 0.2) is 0 Å². The van der Waals surface area contributed by atoms with Crippen LogP contribution in [0.5, 0.6) is 0 Å². The quantitative estimate of drug-likeness (QED) is 0.703. The average Bonchev–Trinajstić information content (AvgIpc) is 3.22. The number of rotatable bonds is 2. The Bertz CT molecular complexity index is 400. The largest absolute Gasteiger partial charge is 0.360 e. The van der Waals surface area contributed by atoms with Crippen molar-refractivity contribution in [1.29, 1.82) is 0 Å². The lowest BCUT2D eigenvalue weighted by molar-refractivity contribution is 0.216. The number of fused-ring (bicyclic) bond motifs is 1. The minimum Gasteiger partial charge on any atom is -0.360 e. The number of likely N-dealkylation sites (tertiary alicyclic amines) is 1. The van der Waals surface area contributed by atoms with Crippen molar-refractivity contribution in [3.05, 3.63) is 35.9 Å². The van der Waals surface area contributed by atoms with Gasteiger partial charge in [0.25, 0.3) is 0 Å². The molecule has 0 amide bonds. The van der Waals surface area contributed by atoms with E-state index >= 15 is 0 Å². The lowest BCUT2D eigenvalue weighted by Gasteiger charge is -2.28. The first-order chi connectivity index (χ1) is 7.88. The molecular formula is C14H17NO. The molecular weight excluding hydrogens is 198 g/mol. The number of hydrogen-bond acceptors (Lipinski definition) is 2. The molecule has 0 radical (unpaired) electrons. The van der Waals surface area contributed by atoms with Gasteiger partial charge >= 0.3 is 0 Å². The zero-order valence-corrected chi connectivity index (χ0v) is 9.43. The average molecular weight is 215 g/mol. The van der Waals surface area contributed by atoms with E-state index in [4.69, 9.17) is 4.74 Å². The van der Waals surface area contributed by atoms with Gasteiger partial charge in [0.05, 0.1) is 0 Å². The highest BCUT2D eigenvalue weighted by molar-refractivity contribution is 5.30. The van der Waals surface area contributed by atoms with Crippen LogP contribution in [0.2, 0.25) is 0 Å². The highest BCUT2D eigenvalue weighted by atomic mass is 16.6. The van der Waals surface area contributed by atoms with Crippen LogP contribution in [0.1, 0.15) is 24.8 Å². The fourth-order valence-electron chi connectivity index (χ4n) is 3.13. The van der Waals surface area contributed by atoms with Crippen molar-refractivity contribution in [3.8, 4) is 0 Å². The van der Waals surface area contributed by atoms with Gasteiger partial charge in [-0.2, -0.15) is 0 Å². The summed E-state index contributed by atoms with van der Waals surface area (Å²) in [5, 5.41) is 0. The minimum atomic E-state index is 0.0899. The second-order valence-electron chi connectivity index (χ2n) is 5.34. The molecule has 3 fully saturated rings. The van der Waals surface area contributed by atoms with Gasteiger partial charge in [0.1, 0.15) is 11.7 Å². The predicted octanol–water partition coefficient (Wildman–Crippen LogP) is 2.15. The molecule has 3 aliphatic rings. The van der Waals surface area contributed by atoms with Gasteiger partial charge in [0.2, 0.25) is 0 Å². The van der Waals surface area contributed by atoms with Crippen molar-refractivity contribution in [2.45, 2.75) is 37.0 Å². The van der Waals surface area contributed by atoms with E-state index in [2.05, 4.69) is 35.2 Å². The number of epoxide rings is 1. The molecule has 1 aromatic carbocycles. The number of nitrogens with zero attached hydrogens (tertiary/aromatic N) is 1. The third-order valence-corrected chi connectivity index (χ3v) is 4.31. The Hall–Kier alpha value is -0.860. The fourth-order valence-corrected chi connectivity index (χ4v) is 3.13. The maximum absolute atomic E-state index is 6.02. The van der Waals surface area contributed by atoms with Gasteiger partial charge in [-0.05, 0) is 24.8 Å². The van der Waals surface area contributed by atoms with Crippen molar-refractivity contribution in [2.24, 2.45) is 0 Å². The Morgan fingerprint density at radius 2 is 2.00 bits per heavy atom. The topological polar surface area (TPSA) is 15.8 Å². The van der Waals surface area contributed by atoms with Crippen molar-refractivity contribution < 1.29 is 4.74 Å². The van der Waals surface area contributed by atoms with Crippen LogP contribution in [-0.4, -0.2) is 30.1 Å². The zero-order chi connectivity index (χ0) is 10.6. The molecule has 2 nitrogen and oxygen atoms in total. The third-order valence-electron chi connectivity index (χ3n) is 4.31. The first-order valence-electron chi connectivity index (χ1n) is 6.36. The molecule has 84 valence electrons. The Kier molecular flexibility index (Phi) is 1.77. The molecule has 2 saturated heterocycles. The summed E-state index contributed by atoms with van der Waals surface area (Å²) < 4.78 is 6.02. The smallest absolute Gasteiger partial charge is 0.122 e. The summed E-state index contributed by atoms with van der Waals surface area (Å²) in [6.07, 6.45) is 4.46. The zero-order valence-electron chi connectivity index (χ0n) is 9.43. The Morgan fingerprint density at radius 3 is 2.69 bits per heavy atom. The molecule has 2 heterocycles. The molecule has 1 saturated carbocycles. The standard InChI is InChI=1S/C14H17NO/c1-2-4-11(5-3-1)14-8-9-15(12-6-7-12)10-13(14)16-14/h1-5,12-13H,6-10H2/t13-,14-/m0/s1. The van der Waals surface area contributed by atoms with E-state index in [9.17, 15) is 0 Å². The molecule has 1 aromatic rings. The van der Waals surface area contributed by atoms with Gasteiger partial charge < -0.3 is 4.74 Å². The summed E-state index contributed by atoms with van der Waals surface area (Å²) in [6, 6.07) is 11.6. The summed E-state index contributed by atoms with van der Waals surface area (Å²) in [5.74, 6) is 0. The highest BCUT2D eigenvalue weighted by Crippen LogP contribution is 2.52. The van der Waals surface area contributed by atoms with Crippen LogP contribution >= 0.6 is 0 Å². The first-order valence-corrected chi connectivity index (χ1v) is 6.36. The highest BCUT2D eigenvalue weighted by Gasteiger charge is 2.60. The van der Waals surface area contributed by atoms with E-state index in [1.165, 1.54) is 31.4 Å². The number of benzene rings is 1. The molecule has 2 atom stereocenters. The van der Waals surface area contributed by atoms with E-state index in [0.29, 0.717) is 6.10 Å². The van der Waals surface area contributed by atoms with Crippen LogP contribution in [0.25, 0.3) is 0 Å². The summed E-state index contributed by atoms with van der Waals surface area (Å²) >= 11 is 0. The predicted molar refractivity (Wildman–Crippen MR) is 62.2 cm³/mol. The summed E-state index contributed by atoms with van der Waals surface area (Å²) in [6.45, 7) is 2.37. The number of piperidine rings is 1.